The smallest absolute Gasteiger partial charge is 0.338 e. The Morgan fingerprint density at radius 1 is 0.889 bits per heavy atom. The van der Waals surface area contributed by atoms with Crippen molar-refractivity contribution in [3.8, 4) is 23.0 Å². The molecule has 0 fully saturated rings. The first kappa shape index (κ1) is 30.9. The van der Waals surface area contributed by atoms with E-state index < -0.39 is 30.1 Å². The van der Waals surface area contributed by atoms with Crippen LogP contribution in [0.4, 0.5) is 0 Å². The summed E-state index contributed by atoms with van der Waals surface area (Å²) in [7, 11) is 1.52. The molecule has 0 aliphatic carbocycles. The molecule has 2 aliphatic rings. The summed E-state index contributed by atoms with van der Waals surface area (Å²) in [6.07, 6.45) is -1.18. The Hall–Kier alpha value is -4.06. The highest BCUT2D eigenvalue weighted by Gasteiger charge is 2.39. The first-order valence-electron chi connectivity index (χ1n) is 14.1. The monoisotopic (exact) mass is 738 g/mol. The predicted molar refractivity (Wildman–Crippen MR) is 170 cm³/mol. The standard InChI is InChI=1S/C34H28Br2O9/c1-40-30-16-22(14-25-26(17-37)31(45-32(25)30)21-6-11-28-29(15-21)43-18-42-28)27(44-34(39)20-4-9-24(36)10-5-20)12-13-41-33(38)19-2-7-23(35)8-3-19/h2-11,14-16,26-27,31,37H,12-13,17-18H2,1H3/t26-,27-,31+/m0/s1. The Kier molecular flexibility index (Phi) is 9.29. The summed E-state index contributed by atoms with van der Waals surface area (Å²) in [4.78, 5) is 26.0. The number of rotatable bonds is 10. The fourth-order valence-electron chi connectivity index (χ4n) is 5.35. The van der Waals surface area contributed by atoms with Gasteiger partial charge in [0.25, 0.3) is 0 Å². The fraction of sp³-hybridized carbons (Fsp3) is 0.235. The molecule has 2 heterocycles. The lowest BCUT2D eigenvalue weighted by atomic mass is 9.89. The van der Waals surface area contributed by atoms with E-state index in [0.29, 0.717) is 45.3 Å². The number of benzene rings is 4. The molecule has 11 heteroatoms. The van der Waals surface area contributed by atoms with Crippen molar-refractivity contribution >= 4 is 43.8 Å². The minimum absolute atomic E-state index is 0.0215. The van der Waals surface area contributed by atoms with E-state index in [1.54, 1.807) is 54.6 Å². The molecule has 0 amide bonds. The van der Waals surface area contributed by atoms with Crippen LogP contribution in [0.15, 0.2) is 87.8 Å². The maximum absolute atomic E-state index is 13.3. The van der Waals surface area contributed by atoms with Gasteiger partial charge in [0.15, 0.2) is 23.0 Å². The largest absolute Gasteiger partial charge is 0.493 e. The molecule has 9 nitrogen and oxygen atoms in total. The van der Waals surface area contributed by atoms with Crippen molar-refractivity contribution in [3.05, 3.63) is 116 Å². The normalized spacial score (nSPS) is 16.8. The molecule has 0 radical (unpaired) electrons. The molecule has 6 rings (SSSR count). The maximum atomic E-state index is 13.3. The Bertz CT molecular complexity index is 1710. The molecule has 0 unspecified atom stereocenters. The number of aliphatic hydroxyl groups excluding tert-OH is 1. The number of hydrogen-bond acceptors (Lipinski definition) is 9. The first-order chi connectivity index (χ1) is 21.8. The molecule has 0 spiro atoms. The van der Waals surface area contributed by atoms with Gasteiger partial charge in [0.2, 0.25) is 6.79 Å². The molecule has 45 heavy (non-hydrogen) atoms. The number of esters is 2. The van der Waals surface area contributed by atoms with E-state index in [9.17, 15) is 14.7 Å². The Morgan fingerprint density at radius 3 is 2.22 bits per heavy atom. The Morgan fingerprint density at radius 2 is 1.56 bits per heavy atom. The highest BCUT2D eigenvalue weighted by molar-refractivity contribution is 9.10. The van der Waals surface area contributed by atoms with Crippen LogP contribution in [0.3, 0.4) is 0 Å². The van der Waals surface area contributed by atoms with Crippen molar-refractivity contribution in [1.29, 1.82) is 0 Å². The molecular formula is C34H28Br2O9. The van der Waals surface area contributed by atoms with Crippen LogP contribution in [0.25, 0.3) is 0 Å². The highest BCUT2D eigenvalue weighted by atomic mass is 79.9. The van der Waals surface area contributed by atoms with E-state index in [0.717, 1.165) is 14.5 Å². The van der Waals surface area contributed by atoms with Crippen LogP contribution in [0.5, 0.6) is 23.0 Å². The molecular weight excluding hydrogens is 712 g/mol. The van der Waals surface area contributed by atoms with E-state index in [1.165, 1.54) is 7.11 Å². The van der Waals surface area contributed by atoms with Crippen LogP contribution in [-0.2, 0) is 9.47 Å². The average Bonchev–Trinajstić information content (AvgIpc) is 3.68. The zero-order valence-electron chi connectivity index (χ0n) is 24.0. The lowest BCUT2D eigenvalue weighted by Crippen LogP contribution is -2.16. The van der Waals surface area contributed by atoms with Crippen LogP contribution < -0.4 is 18.9 Å². The number of fused-ring (bicyclic) bond motifs is 2. The maximum Gasteiger partial charge on any atom is 0.338 e. The molecule has 4 aromatic rings. The molecule has 0 aromatic heterocycles. The molecule has 2 aliphatic heterocycles. The molecule has 0 saturated carbocycles. The molecule has 232 valence electrons. The molecule has 0 saturated heterocycles. The number of hydrogen-bond donors (Lipinski definition) is 1. The second kappa shape index (κ2) is 13.5. The van der Waals surface area contributed by atoms with Crippen molar-refractivity contribution < 1.29 is 43.1 Å². The van der Waals surface area contributed by atoms with Crippen molar-refractivity contribution in [2.24, 2.45) is 0 Å². The zero-order valence-corrected chi connectivity index (χ0v) is 27.2. The minimum Gasteiger partial charge on any atom is -0.493 e. The van der Waals surface area contributed by atoms with Crippen LogP contribution in [0, 0.1) is 0 Å². The SMILES string of the molecule is COc1cc([C@H](CCOC(=O)c2ccc(Br)cc2)OC(=O)c2ccc(Br)cc2)cc2c1O[C@H](c1ccc3c(c1)OCO3)[C@H]2CO. The third-order valence-corrected chi connectivity index (χ3v) is 8.71. The zero-order chi connectivity index (χ0) is 31.5. The van der Waals surface area contributed by atoms with Gasteiger partial charge in [-0.05, 0) is 83.9 Å². The van der Waals surface area contributed by atoms with Gasteiger partial charge in [0.1, 0.15) is 12.2 Å². The quantitative estimate of drug-likeness (QED) is 0.168. The van der Waals surface area contributed by atoms with E-state index >= 15 is 0 Å². The van der Waals surface area contributed by atoms with E-state index in [-0.39, 0.29) is 26.4 Å². The van der Waals surface area contributed by atoms with E-state index in [2.05, 4.69) is 31.9 Å². The molecule has 0 bridgehead atoms. The lowest BCUT2D eigenvalue weighted by molar-refractivity contribution is 0.0178. The van der Waals surface area contributed by atoms with Crippen LogP contribution in [0.2, 0.25) is 0 Å². The minimum atomic E-state index is -0.818. The van der Waals surface area contributed by atoms with Gasteiger partial charge in [0, 0.05) is 20.9 Å². The summed E-state index contributed by atoms with van der Waals surface area (Å²) < 4.78 is 36.3. The number of ether oxygens (including phenoxy) is 6. The van der Waals surface area contributed by atoms with Crippen molar-refractivity contribution in [1.82, 2.24) is 0 Å². The topological polar surface area (TPSA) is 110 Å². The Balaban J connectivity index is 1.29. The van der Waals surface area contributed by atoms with Crippen LogP contribution >= 0.6 is 31.9 Å². The van der Waals surface area contributed by atoms with Gasteiger partial charge in [-0.15, -0.1) is 0 Å². The molecule has 4 aromatic carbocycles. The van der Waals surface area contributed by atoms with Gasteiger partial charge >= 0.3 is 11.9 Å². The van der Waals surface area contributed by atoms with Gasteiger partial charge < -0.3 is 33.5 Å². The van der Waals surface area contributed by atoms with Gasteiger partial charge in [0.05, 0.1) is 37.4 Å². The molecule has 1 N–H and O–H groups in total. The second-order valence-electron chi connectivity index (χ2n) is 10.4. The fourth-order valence-corrected chi connectivity index (χ4v) is 5.88. The van der Waals surface area contributed by atoms with E-state index in [1.807, 2.05) is 24.3 Å². The summed E-state index contributed by atoms with van der Waals surface area (Å²) >= 11 is 6.74. The van der Waals surface area contributed by atoms with Crippen molar-refractivity contribution in [3.63, 3.8) is 0 Å². The average molecular weight is 740 g/mol. The lowest BCUT2D eigenvalue weighted by Gasteiger charge is -2.21. The van der Waals surface area contributed by atoms with Gasteiger partial charge in [-0.1, -0.05) is 37.9 Å². The third-order valence-electron chi connectivity index (χ3n) is 7.65. The van der Waals surface area contributed by atoms with Crippen LogP contribution in [0.1, 0.15) is 62.0 Å². The highest BCUT2D eigenvalue weighted by Crippen LogP contribution is 2.52. The van der Waals surface area contributed by atoms with Gasteiger partial charge in [-0.3, -0.25) is 0 Å². The van der Waals surface area contributed by atoms with Gasteiger partial charge in [-0.2, -0.15) is 0 Å². The summed E-state index contributed by atoms with van der Waals surface area (Å²) in [5.74, 6) is 0.669. The number of methoxy groups -OCH3 is 1. The summed E-state index contributed by atoms with van der Waals surface area (Å²) in [6.45, 7) is -0.0941. The first-order valence-corrected chi connectivity index (χ1v) is 15.7. The molecule has 3 atom stereocenters. The summed E-state index contributed by atoms with van der Waals surface area (Å²) in [6, 6.07) is 22.8. The third kappa shape index (κ3) is 6.66. The summed E-state index contributed by atoms with van der Waals surface area (Å²) in [5, 5.41) is 10.5. The van der Waals surface area contributed by atoms with Crippen molar-refractivity contribution in [2.75, 3.05) is 27.1 Å². The van der Waals surface area contributed by atoms with Crippen molar-refractivity contribution in [2.45, 2.75) is 24.5 Å². The number of halogens is 2. The number of carbonyl (C=O) groups excluding carboxylic acids is 2. The number of aliphatic hydroxyl groups is 1. The summed E-state index contributed by atoms with van der Waals surface area (Å²) in [5.41, 5.74) is 2.87. The second-order valence-corrected chi connectivity index (χ2v) is 12.2. The van der Waals surface area contributed by atoms with Gasteiger partial charge in [-0.25, -0.2) is 9.59 Å². The van der Waals surface area contributed by atoms with Crippen LogP contribution in [-0.4, -0.2) is 44.2 Å². The van der Waals surface area contributed by atoms with E-state index in [4.69, 9.17) is 28.4 Å². The number of carbonyl (C=O) groups is 2. The Labute approximate surface area is 276 Å². The predicted octanol–water partition coefficient (Wildman–Crippen LogP) is 7.30.